The van der Waals surface area contributed by atoms with E-state index in [0.717, 1.165) is 0 Å². The van der Waals surface area contributed by atoms with Gasteiger partial charge in [-0.25, -0.2) is 0 Å². The third-order valence-corrected chi connectivity index (χ3v) is 8.00. The number of aliphatic hydroxyl groups excluding tert-OH is 8. The average molecular weight is 607 g/mol. The van der Waals surface area contributed by atoms with Crippen LogP contribution in [0.5, 0.6) is 0 Å². The highest BCUT2D eigenvalue weighted by Gasteiger charge is 2.51. The molecule has 0 bridgehead atoms. The standard InChI is InChI=1S/C27H42O15/c1-11(2)5-17(31)41-25-18-12(6-28)3-4-14(18)13(9-37-25)10-38-26-23(36)21(34)24(16(8-30)40-26)42-27-22(35)20(33)19(32)15(7-29)39-27/h3,9,11,14-16,18-30,32-36H,4-8,10H2,1-2H3/t14-,15-,16-,18-,19-,20+,21-,22-,23-,24-,25+,26-,27+/m0/s1. The van der Waals surface area contributed by atoms with Gasteiger partial charge in [0.05, 0.1) is 38.6 Å². The van der Waals surface area contributed by atoms with Gasteiger partial charge in [-0.1, -0.05) is 19.9 Å². The monoisotopic (exact) mass is 606 g/mol. The molecule has 0 aromatic rings. The summed E-state index contributed by atoms with van der Waals surface area (Å²) in [5.74, 6) is -1.01. The number of rotatable bonds is 11. The van der Waals surface area contributed by atoms with E-state index in [1.165, 1.54) is 6.26 Å². The minimum absolute atomic E-state index is 0.0926. The molecule has 0 radical (unpaired) electrons. The van der Waals surface area contributed by atoms with Crippen LogP contribution in [0.4, 0.5) is 0 Å². The number of allylic oxidation sites excluding steroid dienone is 1. The maximum atomic E-state index is 12.3. The molecule has 4 rings (SSSR count). The molecular weight excluding hydrogens is 564 g/mol. The fourth-order valence-corrected chi connectivity index (χ4v) is 5.69. The van der Waals surface area contributed by atoms with Crippen LogP contribution in [0.15, 0.2) is 23.5 Å². The van der Waals surface area contributed by atoms with Gasteiger partial charge in [-0.15, -0.1) is 0 Å². The molecule has 8 N–H and O–H groups in total. The molecule has 0 amide bonds. The number of fused-ring (bicyclic) bond motifs is 1. The average Bonchev–Trinajstić information content (AvgIpc) is 3.40. The highest BCUT2D eigenvalue weighted by Crippen LogP contribution is 2.43. The van der Waals surface area contributed by atoms with Gasteiger partial charge in [0.15, 0.2) is 12.6 Å². The molecule has 3 aliphatic heterocycles. The SMILES string of the molecule is CC(C)CC(=O)O[C@H]1OC=C(CO[C@H]2O[C@@H](CO)[C@H](O[C@H]3O[C@@H](CO)[C@H](O)[C@@H](O)[C@@H]3O)[C@@H](O)[C@@H]2O)[C@@H]2CC=C(CO)[C@H]12. The number of hydrogen-bond donors (Lipinski definition) is 8. The molecule has 3 heterocycles. The first-order valence-corrected chi connectivity index (χ1v) is 14.0. The molecule has 0 spiro atoms. The van der Waals surface area contributed by atoms with Crippen LogP contribution in [0.3, 0.4) is 0 Å². The maximum absolute atomic E-state index is 12.3. The maximum Gasteiger partial charge on any atom is 0.309 e. The van der Waals surface area contributed by atoms with Crippen molar-refractivity contribution in [1.29, 1.82) is 0 Å². The first-order valence-electron chi connectivity index (χ1n) is 14.0. The van der Waals surface area contributed by atoms with Crippen molar-refractivity contribution < 1.29 is 74.1 Å². The largest absolute Gasteiger partial charge is 0.462 e. The van der Waals surface area contributed by atoms with E-state index in [1.54, 1.807) is 0 Å². The fourth-order valence-electron chi connectivity index (χ4n) is 5.69. The number of esters is 1. The number of hydrogen-bond acceptors (Lipinski definition) is 15. The molecule has 15 heteroatoms. The van der Waals surface area contributed by atoms with Crippen LogP contribution in [-0.4, -0.2) is 141 Å². The van der Waals surface area contributed by atoms with Crippen molar-refractivity contribution in [2.24, 2.45) is 17.8 Å². The summed E-state index contributed by atoms with van der Waals surface area (Å²) in [6.45, 7) is 2.00. The zero-order valence-corrected chi connectivity index (χ0v) is 23.4. The zero-order valence-electron chi connectivity index (χ0n) is 23.4. The predicted molar refractivity (Wildman–Crippen MR) is 138 cm³/mol. The van der Waals surface area contributed by atoms with Crippen molar-refractivity contribution in [1.82, 2.24) is 0 Å². The second-order valence-electron chi connectivity index (χ2n) is 11.4. The molecule has 0 aromatic heterocycles. The lowest BCUT2D eigenvalue weighted by Crippen LogP contribution is -2.64. The summed E-state index contributed by atoms with van der Waals surface area (Å²) in [6.07, 6.45) is -12.6. The summed E-state index contributed by atoms with van der Waals surface area (Å²) in [7, 11) is 0. The molecule has 1 aliphatic carbocycles. The number of carbonyl (C=O) groups is 1. The topological polar surface area (TPSA) is 234 Å². The first kappa shape index (κ1) is 33.2. The van der Waals surface area contributed by atoms with E-state index in [9.17, 15) is 45.6 Å². The molecular formula is C27H42O15. The van der Waals surface area contributed by atoms with Crippen molar-refractivity contribution >= 4 is 5.97 Å². The summed E-state index contributed by atoms with van der Waals surface area (Å²) in [5, 5.41) is 81.1. The van der Waals surface area contributed by atoms with Gasteiger partial charge in [-0.2, -0.15) is 0 Å². The van der Waals surface area contributed by atoms with Gasteiger partial charge in [-0.3, -0.25) is 4.79 Å². The van der Waals surface area contributed by atoms with Crippen LogP contribution in [0.25, 0.3) is 0 Å². The molecule has 2 saturated heterocycles. The van der Waals surface area contributed by atoms with Gasteiger partial charge in [0, 0.05) is 12.3 Å². The van der Waals surface area contributed by atoms with Crippen molar-refractivity contribution in [2.45, 2.75) is 94.4 Å². The number of aliphatic hydroxyl groups is 8. The van der Waals surface area contributed by atoms with Crippen molar-refractivity contribution in [3.05, 3.63) is 23.5 Å². The van der Waals surface area contributed by atoms with E-state index in [0.29, 0.717) is 17.6 Å². The quantitative estimate of drug-likeness (QED) is 0.0865. The van der Waals surface area contributed by atoms with Crippen LogP contribution in [0.1, 0.15) is 26.7 Å². The molecule has 42 heavy (non-hydrogen) atoms. The molecule has 0 aromatic carbocycles. The molecule has 4 aliphatic rings. The van der Waals surface area contributed by atoms with Crippen LogP contribution in [0, 0.1) is 17.8 Å². The normalized spacial score (nSPS) is 42.0. The Morgan fingerprint density at radius 2 is 1.55 bits per heavy atom. The van der Waals surface area contributed by atoms with Crippen molar-refractivity contribution in [2.75, 3.05) is 26.4 Å². The van der Waals surface area contributed by atoms with Gasteiger partial charge in [-0.05, 0) is 23.5 Å². The van der Waals surface area contributed by atoms with Crippen LogP contribution in [-0.2, 0) is 33.2 Å². The van der Waals surface area contributed by atoms with E-state index < -0.39 is 92.8 Å². The Balaban J connectivity index is 1.39. The van der Waals surface area contributed by atoms with Gasteiger partial charge in [0.1, 0.15) is 48.8 Å². The molecule has 0 saturated carbocycles. The molecule has 2 fully saturated rings. The zero-order chi connectivity index (χ0) is 30.7. The molecule has 240 valence electrons. The fraction of sp³-hybridized carbons (Fsp3) is 0.815. The van der Waals surface area contributed by atoms with E-state index in [-0.39, 0.29) is 31.5 Å². The third-order valence-electron chi connectivity index (χ3n) is 8.00. The van der Waals surface area contributed by atoms with Crippen molar-refractivity contribution in [3.8, 4) is 0 Å². The summed E-state index contributed by atoms with van der Waals surface area (Å²) in [4.78, 5) is 12.3. The highest BCUT2D eigenvalue weighted by atomic mass is 16.7. The minimum Gasteiger partial charge on any atom is -0.462 e. The lowest BCUT2D eigenvalue weighted by atomic mass is 9.84. The van der Waals surface area contributed by atoms with E-state index >= 15 is 0 Å². The lowest BCUT2D eigenvalue weighted by molar-refractivity contribution is -0.358. The summed E-state index contributed by atoms with van der Waals surface area (Å²) in [6, 6.07) is 0. The van der Waals surface area contributed by atoms with E-state index in [1.807, 2.05) is 19.9 Å². The Hall–Kier alpha value is -1.73. The minimum atomic E-state index is -1.77. The second kappa shape index (κ2) is 14.4. The van der Waals surface area contributed by atoms with E-state index in [2.05, 4.69) is 0 Å². The van der Waals surface area contributed by atoms with Crippen LogP contribution >= 0.6 is 0 Å². The van der Waals surface area contributed by atoms with Crippen LogP contribution < -0.4 is 0 Å². The molecule has 0 unspecified atom stereocenters. The van der Waals surface area contributed by atoms with Gasteiger partial charge < -0.3 is 69.3 Å². The van der Waals surface area contributed by atoms with Gasteiger partial charge >= 0.3 is 5.97 Å². The third kappa shape index (κ3) is 6.98. The molecule has 15 nitrogen and oxygen atoms in total. The summed E-state index contributed by atoms with van der Waals surface area (Å²) < 4.78 is 33.6. The predicted octanol–water partition coefficient (Wildman–Crippen LogP) is -2.99. The Kier molecular flexibility index (Phi) is 11.3. The highest BCUT2D eigenvalue weighted by molar-refractivity contribution is 5.69. The molecule has 13 atom stereocenters. The van der Waals surface area contributed by atoms with Gasteiger partial charge in [0.25, 0.3) is 0 Å². The van der Waals surface area contributed by atoms with E-state index in [4.69, 9.17) is 28.4 Å². The Bertz CT molecular complexity index is 967. The second-order valence-corrected chi connectivity index (χ2v) is 11.4. The smallest absolute Gasteiger partial charge is 0.309 e. The Morgan fingerprint density at radius 1 is 0.881 bits per heavy atom. The number of ether oxygens (including phenoxy) is 6. The van der Waals surface area contributed by atoms with Crippen molar-refractivity contribution in [3.63, 3.8) is 0 Å². The summed E-state index contributed by atoms with van der Waals surface area (Å²) >= 11 is 0. The van der Waals surface area contributed by atoms with Crippen LogP contribution in [0.2, 0.25) is 0 Å². The Morgan fingerprint density at radius 3 is 2.19 bits per heavy atom. The number of carbonyl (C=O) groups excluding carboxylic acids is 1. The summed E-state index contributed by atoms with van der Waals surface area (Å²) in [5.41, 5.74) is 1.28. The van der Waals surface area contributed by atoms with Gasteiger partial charge in [0.2, 0.25) is 6.29 Å². The lowest BCUT2D eigenvalue weighted by Gasteiger charge is -2.46. The first-order chi connectivity index (χ1) is 20.0. The Labute approximate surface area is 242 Å².